The van der Waals surface area contributed by atoms with E-state index in [0.29, 0.717) is 0 Å². The molecule has 0 fully saturated rings. The molecule has 0 saturated heterocycles. The van der Waals surface area contributed by atoms with Crippen LogP contribution in [0.5, 0.6) is 0 Å². The Kier molecular flexibility index (Phi) is 4.54. The second-order valence-electron chi connectivity index (χ2n) is 2.77. The molecule has 11 heavy (non-hydrogen) atoms. The highest BCUT2D eigenvalue weighted by molar-refractivity contribution is 5.86. The van der Waals surface area contributed by atoms with Crippen molar-refractivity contribution in [2.75, 3.05) is 34.2 Å². The topological polar surface area (TPSA) is 23.6 Å². The van der Waals surface area contributed by atoms with Crippen LogP contribution >= 0.6 is 0 Å². The van der Waals surface area contributed by atoms with E-state index in [2.05, 4.69) is 6.58 Å². The molecule has 0 aromatic heterocycles. The quantitative estimate of drug-likeness (QED) is 0.543. The Bertz CT molecular complexity index is 143. The Morgan fingerprint density at radius 3 is 2.27 bits per heavy atom. The van der Waals surface area contributed by atoms with Crippen molar-refractivity contribution in [3.8, 4) is 0 Å². The Labute approximate surface area is 68.3 Å². The standard InChI is InChI=1S/C8H16N2O/c1-5-8(11)10(4)7-6-9(2)3/h5H,1,6-7H2,2-4H3. The number of nitrogens with zero attached hydrogens (tertiary/aromatic N) is 2. The summed E-state index contributed by atoms with van der Waals surface area (Å²) in [4.78, 5) is 14.6. The number of likely N-dealkylation sites (N-methyl/N-ethyl adjacent to an activating group) is 2. The predicted octanol–water partition coefficient (Wildman–Crippen LogP) is 0.192. The second kappa shape index (κ2) is 4.91. The lowest BCUT2D eigenvalue weighted by molar-refractivity contribution is -0.124. The largest absolute Gasteiger partial charge is 0.341 e. The van der Waals surface area contributed by atoms with Gasteiger partial charge in [0.2, 0.25) is 5.91 Å². The molecule has 0 heterocycles. The molecule has 0 radical (unpaired) electrons. The summed E-state index contributed by atoms with van der Waals surface area (Å²) in [6.45, 7) is 5.04. The van der Waals surface area contributed by atoms with Crippen molar-refractivity contribution in [2.45, 2.75) is 0 Å². The minimum atomic E-state index is -0.0214. The van der Waals surface area contributed by atoms with Crippen molar-refractivity contribution >= 4 is 5.91 Å². The van der Waals surface area contributed by atoms with E-state index in [1.54, 1.807) is 11.9 Å². The molecular formula is C8H16N2O. The monoisotopic (exact) mass is 156 g/mol. The zero-order valence-corrected chi connectivity index (χ0v) is 7.50. The van der Waals surface area contributed by atoms with Crippen molar-refractivity contribution in [1.29, 1.82) is 0 Å². The first kappa shape index (κ1) is 10.2. The molecule has 1 amide bonds. The summed E-state index contributed by atoms with van der Waals surface area (Å²) < 4.78 is 0. The molecule has 0 spiro atoms. The Hall–Kier alpha value is -0.830. The zero-order chi connectivity index (χ0) is 8.85. The zero-order valence-electron chi connectivity index (χ0n) is 7.50. The minimum Gasteiger partial charge on any atom is -0.341 e. The summed E-state index contributed by atoms with van der Waals surface area (Å²) in [5.41, 5.74) is 0. The number of carbonyl (C=O) groups is 1. The number of carbonyl (C=O) groups excluding carboxylic acids is 1. The lowest BCUT2D eigenvalue weighted by atomic mass is 10.4. The average molecular weight is 156 g/mol. The lowest BCUT2D eigenvalue weighted by Crippen LogP contribution is -2.32. The highest BCUT2D eigenvalue weighted by atomic mass is 16.2. The molecule has 0 aliphatic heterocycles. The summed E-state index contributed by atoms with van der Waals surface area (Å²) in [7, 11) is 5.73. The van der Waals surface area contributed by atoms with Gasteiger partial charge in [0.15, 0.2) is 0 Å². The van der Waals surface area contributed by atoms with Crippen molar-refractivity contribution in [2.24, 2.45) is 0 Å². The Balaban J connectivity index is 3.60. The number of rotatable bonds is 4. The van der Waals surface area contributed by atoms with Gasteiger partial charge in [0.1, 0.15) is 0 Å². The van der Waals surface area contributed by atoms with E-state index in [9.17, 15) is 4.79 Å². The number of hydrogen-bond donors (Lipinski definition) is 0. The summed E-state index contributed by atoms with van der Waals surface area (Å²) in [6, 6.07) is 0. The highest BCUT2D eigenvalue weighted by Gasteiger charge is 2.02. The van der Waals surface area contributed by atoms with Crippen LogP contribution in [0.25, 0.3) is 0 Å². The third-order valence-electron chi connectivity index (χ3n) is 1.43. The molecule has 0 N–H and O–H groups in total. The Morgan fingerprint density at radius 2 is 1.91 bits per heavy atom. The smallest absolute Gasteiger partial charge is 0.245 e. The van der Waals surface area contributed by atoms with Crippen LogP contribution in [0.4, 0.5) is 0 Å². The molecule has 0 aromatic carbocycles. The molecule has 0 aliphatic rings. The van der Waals surface area contributed by atoms with Crippen molar-refractivity contribution in [3.05, 3.63) is 12.7 Å². The molecule has 0 aromatic rings. The van der Waals surface area contributed by atoms with E-state index < -0.39 is 0 Å². The summed E-state index contributed by atoms with van der Waals surface area (Å²) >= 11 is 0. The second-order valence-corrected chi connectivity index (χ2v) is 2.77. The van der Waals surface area contributed by atoms with E-state index in [4.69, 9.17) is 0 Å². The van der Waals surface area contributed by atoms with Gasteiger partial charge < -0.3 is 9.80 Å². The molecule has 0 atom stereocenters. The van der Waals surface area contributed by atoms with Gasteiger partial charge in [-0.3, -0.25) is 4.79 Å². The minimum absolute atomic E-state index is 0.0214. The third-order valence-corrected chi connectivity index (χ3v) is 1.43. The first-order valence-electron chi connectivity index (χ1n) is 3.60. The molecule has 64 valence electrons. The SMILES string of the molecule is C=CC(=O)N(C)CCN(C)C. The van der Waals surface area contributed by atoms with Gasteiger partial charge in [-0.1, -0.05) is 6.58 Å². The number of amides is 1. The van der Waals surface area contributed by atoms with Gasteiger partial charge in [0.25, 0.3) is 0 Å². The van der Waals surface area contributed by atoms with Crippen LogP contribution in [0, 0.1) is 0 Å². The average Bonchev–Trinajstić information content (AvgIpc) is 1.98. The normalized spacial score (nSPS) is 9.82. The number of hydrogen-bond acceptors (Lipinski definition) is 2. The first-order valence-corrected chi connectivity index (χ1v) is 3.60. The van der Waals surface area contributed by atoms with Crippen LogP contribution in [-0.4, -0.2) is 49.9 Å². The molecule has 3 nitrogen and oxygen atoms in total. The van der Waals surface area contributed by atoms with Gasteiger partial charge in [-0.25, -0.2) is 0 Å². The van der Waals surface area contributed by atoms with E-state index in [1.165, 1.54) is 6.08 Å². The van der Waals surface area contributed by atoms with Crippen molar-refractivity contribution in [3.63, 3.8) is 0 Å². The molecule has 0 bridgehead atoms. The highest BCUT2D eigenvalue weighted by Crippen LogP contribution is 1.85. The van der Waals surface area contributed by atoms with Gasteiger partial charge in [-0.15, -0.1) is 0 Å². The van der Waals surface area contributed by atoms with E-state index in [-0.39, 0.29) is 5.91 Å². The van der Waals surface area contributed by atoms with Crippen molar-refractivity contribution < 1.29 is 4.79 Å². The fraction of sp³-hybridized carbons (Fsp3) is 0.625. The first-order chi connectivity index (χ1) is 5.07. The van der Waals surface area contributed by atoms with Crippen LogP contribution in [0.1, 0.15) is 0 Å². The van der Waals surface area contributed by atoms with Gasteiger partial charge in [0, 0.05) is 20.1 Å². The lowest BCUT2D eigenvalue weighted by Gasteiger charge is -2.17. The molecule has 0 saturated carbocycles. The molecule has 3 heteroatoms. The van der Waals surface area contributed by atoms with Gasteiger partial charge in [0.05, 0.1) is 0 Å². The summed E-state index contributed by atoms with van der Waals surface area (Å²) in [5, 5.41) is 0. The molecule has 0 unspecified atom stereocenters. The molecule has 0 aliphatic carbocycles. The fourth-order valence-corrected chi connectivity index (χ4v) is 0.616. The summed E-state index contributed by atoms with van der Waals surface area (Å²) in [5.74, 6) is -0.0214. The van der Waals surface area contributed by atoms with Crippen LogP contribution in [-0.2, 0) is 4.79 Å². The molecule has 0 rings (SSSR count). The third kappa shape index (κ3) is 4.56. The molecular weight excluding hydrogens is 140 g/mol. The maximum absolute atomic E-state index is 10.9. The predicted molar refractivity (Wildman–Crippen MR) is 46.4 cm³/mol. The van der Waals surface area contributed by atoms with Gasteiger partial charge >= 0.3 is 0 Å². The van der Waals surface area contributed by atoms with Crippen LogP contribution in [0.2, 0.25) is 0 Å². The van der Waals surface area contributed by atoms with Crippen LogP contribution < -0.4 is 0 Å². The fourth-order valence-electron chi connectivity index (χ4n) is 0.616. The maximum Gasteiger partial charge on any atom is 0.245 e. The Morgan fingerprint density at radius 1 is 1.36 bits per heavy atom. The van der Waals surface area contributed by atoms with Crippen LogP contribution in [0.15, 0.2) is 12.7 Å². The van der Waals surface area contributed by atoms with Crippen molar-refractivity contribution in [1.82, 2.24) is 9.80 Å². The summed E-state index contributed by atoms with van der Waals surface area (Å²) in [6.07, 6.45) is 1.33. The maximum atomic E-state index is 10.9. The van der Waals surface area contributed by atoms with E-state index >= 15 is 0 Å². The van der Waals surface area contributed by atoms with Gasteiger partial charge in [-0.05, 0) is 20.2 Å². The van der Waals surface area contributed by atoms with E-state index in [1.807, 2.05) is 19.0 Å². The van der Waals surface area contributed by atoms with Gasteiger partial charge in [-0.2, -0.15) is 0 Å². The van der Waals surface area contributed by atoms with E-state index in [0.717, 1.165) is 13.1 Å². The van der Waals surface area contributed by atoms with Crippen LogP contribution in [0.3, 0.4) is 0 Å².